The Balaban J connectivity index is 2.03. The Kier molecular flexibility index (Phi) is 3.28. The van der Waals surface area contributed by atoms with Crippen LogP contribution < -0.4 is 10.6 Å². The number of nitrogens with zero attached hydrogens (tertiary/aromatic N) is 1. The molecule has 0 amide bonds. The largest absolute Gasteiger partial charge is 0.506 e. The van der Waals surface area contributed by atoms with Crippen LogP contribution in [0.2, 0.25) is 0 Å². The molecule has 1 aromatic carbocycles. The lowest BCUT2D eigenvalue weighted by atomic mass is 9.96. The van der Waals surface area contributed by atoms with E-state index in [1.54, 1.807) is 12.1 Å². The van der Waals surface area contributed by atoms with Crippen LogP contribution in [0.1, 0.15) is 12.8 Å². The molecule has 0 bridgehead atoms. The second-order valence-electron chi connectivity index (χ2n) is 4.55. The van der Waals surface area contributed by atoms with Crippen LogP contribution >= 0.6 is 0 Å². The molecular formula is C12H15F3N2O. The minimum atomic E-state index is -4.10. The second kappa shape index (κ2) is 4.59. The number of piperidine rings is 1. The number of anilines is 2. The summed E-state index contributed by atoms with van der Waals surface area (Å²) in [7, 11) is 0. The Hall–Kier alpha value is -1.59. The highest BCUT2D eigenvalue weighted by molar-refractivity contribution is 5.61. The molecule has 0 atom stereocenters. The summed E-state index contributed by atoms with van der Waals surface area (Å²) in [5.74, 6) is -1.25. The molecule has 6 heteroatoms. The number of alkyl halides is 3. The van der Waals surface area contributed by atoms with Crippen LogP contribution in [0.25, 0.3) is 0 Å². The van der Waals surface area contributed by atoms with Gasteiger partial charge in [0.25, 0.3) is 0 Å². The van der Waals surface area contributed by atoms with Gasteiger partial charge in [0, 0.05) is 24.8 Å². The maximum Gasteiger partial charge on any atom is 0.391 e. The first-order valence-corrected chi connectivity index (χ1v) is 5.78. The third kappa shape index (κ3) is 2.63. The van der Waals surface area contributed by atoms with Gasteiger partial charge in [-0.2, -0.15) is 13.2 Å². The van der Waals surface area contributed by atoms with Crippen molar-refractivity contribution in [3.63, 3.8) is 0 Å². The topological polar surface area (TPSA) is 49.5 Å². The molecule has 3 nitrogen and oxygen atoms in total. The maximum atomic E-state index is 12.5. The number of benzene rings is 1. The molecule has 100 valence electrons. The van der Waals surface area contributed by atoms with E-state index in [2.05, 4.69) is 0 Å². The Morgan fingerprint density at radius 2 is 1.83 bits per heavy atom. The van der Waals surface area contributed by atoms with Gasteiger partial charge in [-0.3, -0.25) is 0 Å². The van der Waals surface area contributed by atoms with Gasteiger partial charge in [-0.25, -0.2) is 0 Å². The van der Waals surface area contributed by atoms with Gasteiger partial charge in [-0.1, -0.05) is 0 Å². The molecule has 18 heavy (non-hydrogen) atoms. The summed E-state index contributed by atoms with van der Waals surface area (Å²) in [5, 5.41) is 9.48. The van der Waals surface area contributed by atoms with E-state index in [9.17, 15) is 18.3 Å². The van der Waals surface area contributed by atoms with Crippen molar-refractivity contribution >= 4 is 11.4 Å². The van der Waals surface area contributed by atoms with Gasteiger partial charge >= 0.3 is 6.18 Å². The van der Waals surface area contributed by atoms with E-state index in [1.165, 1.54) is 6.07 Å². The second-order valence-corrected chi connectivity index (χ2v) is 4.55. The van der Waals surface area contributed by atoms with E-state index in [1.807, 2.05) is 4.90 Å². The van der Waals surface area contributed by atoms with Gasteiger partial charge in [0.05, 0.1) is 11.6 Å². The minimum Gasteiger partial charge on any atom is -0.506 e. The van der Waals surface area contributed by atoms with E-state index in [0.29, 0.717) is 18.8 Å². The first-order chi connectivity index (χ1) is 8.38. The fourth-order valence-corrected chi connectivity index (χ4v) is 2.19. The highest BCUT2D eigenvalue weighted by Crippen LogP contribution is 2.36. The van der Waals surface area contributed by atoms with Crippen LogP contribution in [0.3, 0.4) is 0 Å². The zero-order valence-electron chi connectivity index (χ0n) is 9.74. The van der Waals surface area contributed by atoms with Crippen LogP contribution in [-0.4, -0.2) is 24.4 Å². The number of phenolic OH excluding ortho intramolecular Hbond substituents is 1. The molecule has 3 N–H and O–H groups in total. The lowest BCUT2D eigenvalue weighted by Crippen LogP contribution is -2.38. The zero-order chi connectivity index (χ0) is 13.3. The van der Waals surface area contributed by atoms with Crippen LogP contribution in [0.15, 0.2) is 18.2 Å². The number of rotatable bonds is 1. The molecule has 0 radical (unpaired) electrons. The van der Waals surface area contributed by atoms with E-state index in [-0.39, 0.29) is 24.3 Å². The molecule has 0 unspecified atom stereocenters. The van der Waals surface area contributed by atoms with E-state index < -0.39 is 12.1 Å². The summed E-state index contributed by atoms with van der Waals surface area (Å²) in [6, 6.07) is 4.76. The number of hydrogen-bond donors (Lipinski definition) is 2. The first kappa shape index (κ1) is 12.9. The summed E-state index contributed by atoms with van der Waals surface area (Å²) >= 11 is 0. The Morgan fingerprint density at radius 1 is 1.22 bits per heavy atom. The number of hydrogen-bond acceptors (Lipinski definition) is 3. The summed E-state index contributed by atoms with van der Waals surface area (Å²) in [5.41, 5.74) is 6.46. The van der Waals surface area contributed by atoms with Gasteiger partial charge < -0.3 is 15.7 Å². The minimum absolute atomic E-state index is 0.0366. The third-order valence-corrected chi connectivity index (χ3v) is 3.34. The van der Waals surface area contributed by atoms with Crippen molar-refractivity contribution in [2.75, 3.05) is 23.7 Å². The number of halogens is 3. The smallest absolute Gasteiger partial charge is 0.391 e. The predicted molar refractivity (Wildman–Crippen MR) is 63.5 cm³/mol. The number of aromatic hydroxyl groups is 1. The Labute approximate surface area is 103 Å². The van der Waals surface area contributed by atoms with Gasteiger partial charge in [0.1, 0.15) is 5.75 Å². The fourth-order valence-electron chi connectivity index (χ4n) is 2.19. The van der Waals surface area contributed by atoms with Crippen LogP contribution in [0, 0.1) is 5.92 Å². The number of nitrogen functional groups attached to an aromatic ring is 1. The zero-order valence-corrected chi connectivity index (χ0v) is 9.74. The third-order valence-electron chi connectivity index (χ3n) is 3.34. The summed E-state index contributed by atoms with van der Waals surface area (Å²) in [6.07, 6.45) is -3.92. The first-order valence-electron chi connectivity index (χ1n) is 5.78. The molecule has 0 saturated carbocycles. The molecule has 1 saturated heterocycles. The average Bonchev–Trinajstić information content (AvgIpc) is 2.32. The van der Waals surface area contributed by atoms with Crippen molar-refractivity contribution in [3.05, 3.63) is 18.2 Å². The van der Waals surface area contributed by atoms with E-state index in [4.69, 9.17) is 5.73 Å². The highest BCUT2D eigenvalue weighted by Gasteiger charge is 2.41. The van der Waals surface area contributed by atoms with Gasteiger partial charge in [-0.05, 0) is 25.0 Å². The van der Waals surface area contributed by atoms with Crippen LogP contribution in [-0.2, 0) is 0 Å². The summed E-state index contributed by atoms with van der Waals surface area (Å²) in [4.78, 5) is 1.83. The molecule has 1 aromatic rings. The van der Waals surface area contributed by atoms with Crippen molar-refractivity contribution in [1.29, 1.82) is 0 Å². The van der Waals surface area contributed by atoms with Crippen molar-refractivity contribution in [1.82, 2.24) is 0 Å². The van der Waals surface area contributed by atoms with Gasteiger partial charge in [0.15, 0.2) is 0 Å². The number of nitrogens with two attached hydrogens (primary N) is 1. The summed E-state index contributed by atoms with van der Waals surface area (Å²) in [6.45, 7) is 0.682. The predicted octanol–water partition coefficient (Wildman–Crippen LogP) is 2.75. The van der Waals surface area contributed by atoms with Crippen molar-refractivity contribution in [2.24, 2.45) is 5.92 Å². The fraction of sp³-hybridized carbons (Fsp3) is 0.500. The average molecular weight is 260 g/mol. The molecular weight excluding hydrogens is 245 g/mol. The quantitative estimate of drug-likeness (QED) is 0.603. The van der Waals surface area contributed by atoms with E-state index >= 15 is 0 Å². The van der Waals surface area contributed by atoms with Crippen LogP contribution in [0.5, 0.6) is 5.75 Å². The lowest BCUT2D eigenvalue weighted by molar-refractivity contribution is -0.179. The van der Waals surface area contributed by atoms with Crippen molar-refractivity contribution in [2.45, 2.75) is 19.0 Å². The molecule has 1 aliphatic heterocycles. The van der Waals surface area contributed by atoms with Gasteiger partial charge in [0.2, 0.25) is 0 Å². The summed E-state index contributed by atoms with van der Waals surface area (Å²) < 4.78 is 37.5. The molecule has 1 fully saturated rings. The number of phenols is 1. The Bertz CT molecular complexity index is 426. The van der Waals surface area contributed by atoms with Crippen molar-refractivity contribution in [3.8, 4) is 5.75 Å². The van der Waals surface area contributed by atoms with E-state index in [0.717, 1.165) is 0 Å². The maximum absolute atomic E-state index is 12.5. The molecule has 1 heterocycles. The Morgan fingerprint density at radius 3 is 2.33 bits per heavy atom. The monoisotopic (exact) mass is 260 g/mol. The molecule has 0 aromatic heterocycles. The van der Waals surface area contributed by atoms with Gasteiger partial charge in [-0.15, -0.1) is 0 Å². The van der Waals surface area contributed by atoms with Crippen LogP contribution in [0.4, 0.5) is 24.5 Å². The normalized spacial score (nSPS) is 18.1. The molecule has 0 spiro atoms. The highest BCUT2D eigenvalue weighted by atomic mass is 19.4. The lowest BCUT2D eigenvalue weighted by Gasteiger charge is -2.34. The van der Waals surface area contributed by atoms with Crippen molar-refractivity contribution < 1.29 is 18.3 Å². The molecule has 2 rings (SSSR count). The molecule has 1 aliphatic rings. The molecule has 0 aliphatic carbocycles. The standard InChI is InChI=1S/C12H15F3N2O/c13-12(14,15)8-3-5-17(6-4-8)9-1-2-10(16)11(18)7-9/h1-2,7-8,18H,3-6,16H2. The SMILES string of the molecule is Nc1ccc(N2CCC(C(F)(F)F)CC2)cc1O.